The van der Waals surface area contributed by atoms with Gasteiger partial charge in [0.15, 0.2) is 0 Å². The van der Waals surface area contributed by atoms with Crippen LogP contribution in [-0.2, 0) is 6.54 Å². The van der Waals surface area contributed by atoms with Crippen LogP contribution >= 0.6 is 11.3 Å². The lowest BCUT2D eigenvalue weighted by molar-refractivity contribution is 0.397. The molecule has 0 saturated carbocycles. The smallest absolute Gasteiger partial charge is 0.262 e. The second kappa shape index (κ2) is 6.08. The molecule has 18 heavy (non-hydrogen) atoms. The predicted molar refractivity (Wildman–Crippen MR) is 75.3 cm³/mol. The molecule has 0 amide bonds. The Labute approximate surface area is 110 Å². The van der Waals surface area contributed by atoms with Crippen molar-refractivity contribution in [2.45, 2.75) is 6.54 Å². The Kier molecular flexibility index (Phi) is 4.46. The molecule has 0 atom stereocenters. The maximum Gasteiger partial charge on any atom is 0.262 e. The molecule has 0 spiro atoms. The van der Waals surface area contributed by atoms with Crippen LogP contribution in [0.4, 0.5) is 0 Å². The first-order valence-electron chi connectivity index (χ1n) is 5.96. The van der Waals surface area contributed by atoms with E-state index in [1.165, 1.54) is 11.3 Å². The molecule has 6 heteroatoms. The van der Waals surface area contributed by atoms with Crippen molar-refractivity contribution in [2.75, 3.05) is 33.7 Å². The van der Waals surface area contributed by atoms with Crippen molar-refractivity contribution in [2.24, 2.45) is 0 Å². The molecule has 0 aromatic carbocycles. The van der Waals surface area contributed by atoms with Gasteiger partial charge in [0.25, 0.3) is 5.56 Å². The van der Waals surface area contributed by atoms with Crippen LogP contribution in [0.5, 0.6) is 0 Å². The van der Waals surface area contributed by atoms with Gasteiger partial charge in [-0.2, -0.15) is 0 Å². The van der Waals surface area contributed by atoms with Crippen molar-refractivity contribution in [3.63, 3.8) is 0 Å². The van der Waals surface area contributed by atoms with E-state index in [2.05, 4.69) is 15.2 Å². The normalized spacial score (nSPS) is 11.5. The minimum Gasteiger partial charge on any atom is -0.314 e. The maximum absolute atomic E-state index is 12.1. The van der Waals surface area contributed by atoms with E-state index in [0.29, 0.717) is 6.54 Å². The molecule has 0 bridgehead atoms. The lowest BCUT2D eigenvalue weighted by atomic mass is 10.4. The number of aromatic nitrogens is 2. The summed E-state index contributed by atoms with van der Waals surface area (Å²) in [5, 5.41) is 5.93. The number of fused-ring (bicyclic) bond motifs is 1. The summed E-state index contributed by atoms with van der Waals surface area (Å²) in [5.74, 6) is 0. The van der Waals surface area contributed by atoms with E-state index in [9.17, 15) is 4.79 Å². The molecule has 0 aliphatic rings. The molecule has 5 nitrogen and oxygen atoms in total. The van der Waals surface area contributed by atoms with Gasteiger partial charge in [0.1, 0.15) is 4.83 Å². The topological polar surface area (TPSA) is 50.2 Å². The van der Waals surface area contributed by atoms with Crippen molar-refractivity contribution < 1.29 is 0 Å². The average molecular weight is 266 g/mol. The third-order valence-electron chi connectivity index (χ3n) is 2.72. The minimum absolute atomic E-state index is 0.0515. The van der Waals surface area contributed by atoms with Crippen LogP contribution in [0.15, 0.2) is 22.6 Å². The summed E-state index contributed by atoms with van der Waals surface area (Å²) < 4.78 is 1.66. The molecule has 0 aliphatic heterocycles. The predicted octanol–water partition coefficient (Wildman–Crippen LogP) is 0.609. The summed E-state index contributed by atoms with van der Waals surface area (Å²) in [5.41, 5.74) is 0.0515. The highest BCUT2D eigenvalue weighted by Crippen LogP contribution is 2.12. The van der Waals surface area contributed by atoms with Gasteiger partial charge in [0, 0.05) is 26.2 Å². The molecule has 2 rings (SSSR count). The Balaban J connectivity index is 1.91. The number of nitrogens with one attached hydrogen (secondary N) is 1. The van der Waals surface area contributed by atoms with Gasteiger partial charge in [0.05, 0.1) is 11.7 Å². The van der Waals surface area contributed by atoms with Gasteiger partial charge in [-0.25, -0.2) is 4.98 Å². The molecule has 1 N–H and O–H groups in total. The quantitative estimate of drug-likeness (QED) is 0.778. The summed E-state index contributed by atoms with van der Waals surface area (Å²) in [6.45, 7) is 3.36. The van der Waals surface area contributed by atoms with Gasteiger partial charge in [-0.1, -0.05) is 0 Å². The molecule has 2 aromatic rings. The lowest BCUT2D eigenvalue weighted by Gasteiger charge is -2.10. The highest BCUT2D eigenvalue weighted by Gasteiger charge is 2.04. The monoisotopic (exact) mass is 266 g/mol. The van der Waals surface area contributed by atoms with Crippen molar-refractivity contribution in [1.29, 1.82) is 0 Å². The highest BCUT2D eigenvalue weighted by molar-refractivity contribution is 7.16. The number of thiophene rings is 1. The van der Waals surface area contributed by atoms with Crippen LogP contribution in [0.1, 0.15) is 0 Å². The van der Waals surface area contributed by atoms with Gasteiger partial charge in [0.2, 0.25) is 0 Å². The number of likely N-dealkylation sites (N-methyl/N-ethyl adjacent to an activating group) is 1. The fourth-order valence-electron chi connectivity index (χ4n) is 1.68. The van der Waals surface area contributed by atoms with E-state index >= 15 is 0 Å². The van der Waals surface area contributed by atoms with Gasteiger partial charge in [-0.05, 0) is 25.5 Å². The van der Waals surface area contributed by atoms with Crippen molar-refractivity contribution in [3.05, 3.63) is 28.1 Å². The van der Waals surface area contributed by atoms with Gasteiger partial charge >= 0.3 is 0 Å². The minimum atomic E-state index is 0.0515. The molecule has 2 heterocycles. The van der Waals surface area contributed by atoms with Crippen LogP contribution < -0.4 is 10.9 Å². The average Bonchev–Trinajstić information content (AvgIpc) is 2.80. The van der Waals surface area contributed by atoms with E-state index in [4.69, 9.17) is 0 Å². The lowest BCUT2D eigenvalue weighted by Crippen LogP contribution is -2.31. The molecule has 0 radical (unpaired) electrons. The van der Waals surface area contributed by atoms with Crippen molar-refractivity contribution >= 4 is 21.6 Å². The number of nitrogens with zero attached hydrogens (tertiary/aromatic N) is 3. The molecule has 0 fully saturated rings. The largest absolute Gasteiger partial charge is 0.314 e. The summed E-state index contributed by atoms with van der Waals surface area (Å²) in [7, 11) is 4.08. The summed E-state index contributed by atoms with van der Waals surface area (Å²) in [6.07, 6.45) is 1.63. The first-order chi connectivity index (χ1) is 8.68. The van der Waals surface area contributed by atoms with Crippen LogP contribution in [-0.4, -0.2) is 48.2 Å². The van der Waals surface area contributed by atoms with E-state index in [1.807, 2.05) is 25.5 Å². The van der Waals surface area contributed by atoms with Crippen LogP contribution in [0.2, 0.25) is 0 Å². The third kappa shape index (κ3) is 3.16. The van der Waals surface area contributed by atoms with Crippen molar-refractivity contribution in [3.8, 4) is 0 Å². The fourth-order valence-corrected chi connectivity index (χ4v) is 2.40. The van der Waals surface area contributed by atoms with E-state index < -0.39 is 0 Å². The van der Waals surface area contributed by atoms with Gasteiger partial charge in [-0.15, -0.1) is 11.3 Å². The number of rotatable bonds is 6. The summed E-state index contributed by atoms with van der Waals surface area (Å²) >= 11 is 1.50. The Morgan fingerprint density at radius 1 is 1.44 bits per heavy atom. The second-order valence-corrected chi connectivity index (χ2v) is 5.33. The zero-order valence-corrected chi connectivity index (χ0v) is 11.5. The second-order valence-electron chi connectivity index (χ2n) is 4.44. The molecule has 0 unspecified atom stereocenters. The zero-order chi connectivity index (χ0) is 13.0. The van der Waals surface area contributed by atoms with Crippen LogP contribution in [0.3, 0.4) is 0 Å². The molecule has 0 saturated heterocycles. The van der Waals surface area contributed by atoms with Crippen molar-refractivity contribution in [1.82, 2.24) is 19.8 Å². The summed E-state index contributed by atoms with van der Waals surface area (Å²) in [4.78, 5) is 19.3. The first-order valence-corrected chi connectivity index (χ1v) is 6.84. The zero-order valence-electron chi connectivity index (χ0n) is 10.7. The third-order valence-corrected chi connectivity index (χ3v) is 3.54. The van der Waals surface area contributed by atoms with E-state index in [-0.39, 0.29) is 5.56 Å². The van der Waals surface area contributed by atoms with Gasteiger partial charge in [-0.3, -0.25) is 9.36 Å². The Hall–Kier alpha value is -1.24. The van der Waals surface area contributed by atoms with Crippen LogP contribution in [0, 0.1) is 0 Å². The highest BCUT2D eigenvalue weighted by atomic mass is 32.1. The molecular weight excluding hydrogens is 248 g/mol. The SMILES string of the molecule is CN(C)CCNCCn1cnc2sccc2c1=O. The summed E-state index contributed by atoms with van der Waals surface area (Å²) in [6, 6.07) is 1.84. The maximum atomic E-state index is 12.1. The number of hydrogen-bond acceptors (Lipinski definition) is 5. The van der Waals surface area contributed by atoms with Crippen LogP contribution in [0.25, 0.3) is 10.2 Å². The Bertz CT molecular complexity index is 560. The number of hydrogen-bond donors (Lipinski definition) is 1. The van der Waals surface area contributed by atoms with E-state index in [0.717, 1.165) is 29.9 Å². The Morgan fingerprint density at radius 3 is 3.06 bits per heavy atom. The standard InChI is InChI=1S/C12H18N4OS/c1-15(2)6-4-13-5-7-16-9-14-11-10(12(16)17)3-8-18-11/h3,8-9,13H,4-7H2,1-2H3. The molecule has 0 aliphatic carbocycles. The molecule has 2 aromatic heterocycles. The molecule has 98 valence electrons. The Morgan fingerprint density at radius 2 is 2.28 bits per heavy atom. The first kappa shape index (κ1) is 13.2. The molecular formula is C12H18N4OS. The van der Waals surface area contributed by atoms with E-state index in [1.54, 1.807) is 10.9 Å². The van der Waals surface area contributed by atoms with Gasteiger partial charge < -0.3 is 10.2 Å². The fraction of sp³-hybridized carbons (Fsp3) is 0.500.